The maximum absolute atomic E-state index is 3.55. The molecule has 0 aliphatic heterocycles. The lowest BCUT2D eigenvalue weighted by Crippen LogP contribution is -2.41. The van der Waals surface area contributed by atoms with Crippen LogP contribution in [0.4, 0.5) is 0 Å². The molecular weight excluding hydrogens is 172 g/mol. The second kappa shape index (κ2) is 4.63. The van der Waals surface area contributed by atoms with Crippen LogP contribution in [0.2, 0.25) is 0 Å². The van der Waals surface area contributed by atoms with Gasteiger partial charge in [0.05, 0.1) is 0 Å². The van der Waals surface area contributed by atoms with Gasteiger partial charge in [-0.15, -0.1) is 0 Å². The Bertz CT molecular complexity index is 166. The molecule has 2 N–H and O–H groups in total. The molecule has 14 heavy (non-hydrogen) atoms. The molecule has 0 aromatic heterocycles. The smallest absolute Gasteiger partial charge is 0.00970 e. The van der Waals surface area contributed by atoms with Crippen molar-refractivity contribution >= 4 is 0 Å². The first-order chi connectivity index (χ1) is 6.47. The zero-order valence-corrected chi connectivity index (χ0v) is 10.2. The molecule has 1 aliphatic rings. The standard InChI is InChI=1S/C12H26N2/c1-5-12(6-7-12)10-13-8-9-14-11(2,3)4/h13-14H,5-10H2,1-4H3. The van der Waals surface area contributed by atoms with Gasteiger partial charge >= 0.3 is 0 Å². The molecule has 1 rings (SSSR count). The van der Waals surface area contributed by atoms with Gasteiger partial charge in [0.15, 0.2) is 0 Å². The Morgan fingerprint density at radius 3 is 2.21 bits per heavy atom. The maximum Gasteiger partial charge on any atom is 0.00970 e. The van der Waals surface area contributed by atoms with Gasteiger partial charge in [0, 0.05) is 25.2 Å². The van der Waals surface area contributed by atoms with Crippen LogP contribution in [0, 0.1) is 5.41 Å². The zero-order valence-electron chi connectivity index (χ0n) is 10.2. The SMILES string of the molecule is CCC1(CNCCNC(C)(C)C)CC1. The normalized spacial score (nSPS) is 19.7. The summed E-state index contributed by atoms with van der Waals surface area (Å²) in [4.78, 5) is 0. The first-order valence-electron chi connectivity index (χ1n) is 5.93. The second-order valence-electron chi connectivity index (χ2n) is 5.71. The fourth-order valence-corrected chi connectivity index (χ4v) is 1.71. The van der Waals surface area contributed by atoms with Crippen LogP contribution in [-0.4, -0.2) is 25.2 Å². The summed E-state index contributed by atoms with van der Waals surface area (Å²) in [6.45, 7) is 12.3. The molecule has 0 heterocycles. The van der Waals surface area contributed by atoms with E-state index in [1.807, 2.05) is 0 Å². The van der Waals surface area contributed by atoms with Crippen LogP contribution >= 0.6 is 0 Å². The summed E-state index contributed by atoms with van der Waals surface area (Å²) in [6.07, 6.45) is 4.21. The number of rotatable bonds is 6. The Hall–Kier alpha value is -0.0800. The van der Waals surface area contributed by atoms with Crippen LogP contribution in [-0.2, 0) is 0 Å². The van der Waals surface area contributed by atoms with Gasteiger partial charge in [-0.3, -0.25) is 0 Å². The molecule has 0 radical (unpaired) electrons. The Kier molecular flexibility index (Phi) is 3.96. The third-order valence-electron chi connectivity index (χ3n) is 3.16. The molecule has 84 valence electrons. The van der Waals surface area contributed by atoms with Gasteiger partial charge in [-0.25, -0.2) is 0 Å². The van der Waals surface area contributed by atoms with E-state index in [1.54, 1.807) is 0 Å². The molecule has 0 saturated heterocycles. The summed E-state index contributed by atoms with van der Waals surface area (Å²) in [6, 6.07) is 0. The molecule has 1 fully saturated rings. The molecule has 1 aliphatic carbocycles. The molecule has 0 bridgehead atoms. The highest BCUT2D eigenvalue weighted by Crippen LogP contribution is 2.47. The average molecular weight is 198 g/mol. The molecule has 0 unspecified atom stereocenters. The van der Waals surface area contributed by atoms with Crippen molar-refractivity contribution in [3.63, 3.8) is 0 Å². The molecule has 1 saturated carbocycles. The van der Waals surface area contributed by atoms with E-state index in [1.165, 1.54) is 25.8 Å². The van der Waals surface area contributed by atoms with E-state index in [0.29, 0.717) is 5.41 Å². The highest BCUT2D eigenvalue weighted by Gasteiger charge is 2.39. The van der Waals surface area contributed by atoms with Crippen LogP contribution in [0.25, 0.3) is 0 Å². The summed E-state index contributed by atoms with van der Waals surface area (Å²) >= 11 is 0. The van der Waals surface area contributed by atoms with Crippen LogP contribution in [0.15, 0.2) is 0 Å². The predicted molar refractivity (Wildman–Crippen MR) is 62.6 cm³/mol. The minimum absolute atomic E-state index is 0.254. The first kappa shape index (κ1) is 12.0. The van der Waals surface area contributed by atoms with Gasteiger partial charge in [-0.2, -0.15) is 0 Å². The van der Waals surface area contributed by atoms with Gasteiger partial charge in [0.25, 0.3) is 0 Å². The lowest BCUT2D eigenvalue weighted by Gasteiger charge is -2.21. The van der Waals surface area contributed by atoms with Gasteiger partial charge in [-0.05, 0) is 45.4 Å². The van der Waals surface area contributed by atoms with Crippen molar-refractivity contribution in [1.82, 2.24) is 10.6 Å². The summed E-state index contributed by atoms with van der Waals surface area (Å²) in [5.41, 5.74) is 0.936. The molecule has 0 amide bonds. The molecule has 0 atom stereocenters. The maximum atomic E-state index is 3.55. The van der Waals surface area contributed by atoms with Gasteiger partial charge in [-0.1, -0.05) is 6.92 Å². The minimum Gasteiger partial charge on any atom is -0.315 e. The Morgan fingerprint density at radius 2 is 1.79 bits per heavy atom. The lowest BCUT2D eigenvalue weighted by molar-refractivity contribution is 0.400. The van der Waals surface area contributed by atoms with Crippen LogP contribution < -0.4 is 10.6 Å². The summed E-state index contributed by atoms with van der Waals surface area (Å²) in [5, 5.41) is 7.03. The molecular formula is C12H26N2. The molecule has 0 spiro atoms. The highest BCUT2D eigenvalue weighted by molar-refractivity contribution is 4.93. The fraction of sp³-hybridized carbons (Fsp3) is 1.00. The van der Waals surface area contributed by atoms with Crippen molar-refractivity contribution in [2.45, 2.75) is 52.5 Å². The molecule has 0 aromatic carbocycles. The van der Waals surface area contributed by atoms with Crippen LogP contribution in [0.3, 0.4) is 0 Å². The second-order valence-corrected chi connectivity index (χ2v) is 5.71. The van der Waals surface area contributed by atoms with Crippen molar-refractivity contribution in [2.75, 3.05) is 19.6 Å². The third kappa shape index (κ3) is 4.43. The summed E-state index contributed by atoms with van der Waals surface area (Å²) in [5.74, 6) is 0. The predicted octanol–water partition coefficient (Wildman–Crippen LogP) is 2.15. The minimum atomic E-state index is 0.254. The summed E-state index contributed by atoms with van der Waals surface area (Å²) < 4.78 is 0. The quantitative estimate of drug-likeness (QED) is 0.639. The lowest BCUT2D eigenvalue weighted by atomic mass is 10.0. The van der Waals surface area contributed by atoms with E-state index in [9.17, 15) is 0 Å². The Balaban J connectivity index is 1.95. The van der Waals surface area contributed by atoms with Crippen molar-refractivity contribution < 1.29 is 0 Å². The zero-order chi connectivity index (χ0) is 10.7. The monoisotopic (exact) mass is 198 g/mol. The van der Waals surface area contributed by atoms with Crippen LogP contribution in [0.1, 0.15) is 47.0 Å². The first-order valence-corrected chi connectivity index (χ1v) is 5.93. The van der Waals surface area contributed by atoms with Crippen LogP contribution in [0.5, 0.6) is 0 Å². The molecule has 2 heteroatoms. The van der Waals surface area contributed by atoms with Gasteiger partial charge < -0.3 is 10.6 Å². The Labute approximate surface area is 88.8 Å². The molecule has 2 nitrogen and oxygen atoms in total. The van der Waals surface area contributed by atoms with E-state index in [0.717, 1.165) is 13.1 Å². The fourth-order valence-electron chi connectivity index (χ4n) is 1.71. The van der Waals surface area contributed by atoms with E-state index in [-0.39, 0.29) is 5.54 Å². The highest BCUT2D eigenvalue weighted by atomic mass is 15.0. The number of hydrogen-bond acceptors (Lipinski definition) is 2. The third-order valence-corrected chi connectivity index (χ3v) is 3.16. The van der Waals surface area contributed by atoms with E-state index < -0.39 is 0 Å². The van der Waals surface area contributed by atoms with Gasteiger partial charge in [0.2, 0.25) is 0 Å². The van der Waals surface area contributed by atoms with E-state index in [4.69, 9.17) is 0 Å². The van der Waals surface area contributed by atoms with Crippen molar-refractivity contribution in [3.05, 3.63) is 0 Å². The van der Waals surface area contributed by atoms with Gasteiger partial charge in [0.1, 0.15) is 0 Å². The Morgan fingerprint density at radius 1 is 1.14 bits per heavy atom. The average Bonchev–Trinajstić information content (AvgIpc) is 2.83. The largest absolute Gasteiger partial charge is 0.315 e. The van der Waals surface area contributed by atoms with E-state index >= 15 is 0 Å². The van der Waals surface area contributed by atoms with E-state index in [2.05, 4.69) is 38.3 Å². The molecule has 0 aromatic rings. The van der Waals surface area contributed by atoms with Crippen molar-refractivity contribution in [3.8, 4) is 0 Å². The van der Waals surface area contributed by atoms with Crippen molar-refractivity contribution in [2.24, 2.45) is 5.41 Å². The summed E-state index contributed by atoms with van der Waals surface area (Å²) in [7, 11) is 0. The topological polar surface area (TPSA) is 24.1 Å². The van der Waals surface area contributed by atoms with Crippen molar-refractivity contribution in [1.29, 1.82) is 0 Å². The number of hydrogen-bond donors (Lipinski definition) is 2. The number of nitrogens with one attached hydrogen (secondary N) is 2.